The predicted molar refractivity (Wildman–Crippen MR) is 71.9 cm³/mol. The number of rotatable bonds is 6. The lowest BCUT2D eigenvalue weighted by Crippen LogP contribution is -2.10. The molecule has 0 bridgehead atoms. The van der Waals surface area contributed by atoms with Gasteiger partial charge in [0.1, 0.15) is 0 Å². The van der Waals surface area contributed by atoms with Crippen molar-refractivity contribution in [2.45, 2.75) is 33.6 Å². The van der Waals surface area contributed by atoms with Crippen molar-refractivity contribution in [2.75, 3.05) is 13.2 Å². The number of hydrogen-bond acceptors (Lipinski definition) is 4. The number of carbonyl (C=O) groups is 2. The molecule has 4 nitrogen and oxygen atoms in total. The van der Waals surface area contributed by atoms with Crippen LogP contribution >= 0.6 is 0 Å². The summed E-state index contributed by atoms with van der Waals surface area (Å²) in [7, 11) is 0. The van der Waals surface area contributed by atoms with Crippen LogP contribution in [0.5, 0.6) is 0 Å². The molecule has 0 unspecified atom stereocenters. The third-order valence-electron chi connectivity index (χ3n) is 2.70. The molecule has 0 aliphatic heterocycles. The number of esters is 2. The van der Waals surface area contributed by atoms with Crippen molar-refractivity contribution in [2.24, 2.45) is 0 Å². The maximum Gasteiger partial charge on any atom is 0.310 e. The minimum Gasteiger partial charge on any atom is -0.466 e. The highest BCUT2D eigenvalue weighted by molar-refractivity contribution is 5.74. The molecule has 1 aromatic carbocycles. The minimum atomic E-state index is -0.236. The summed E-state index contributed by atoms with van der Waals surface area (Å²) in [5.74, 6) is -0.469. The predicted octanol–water partition coefficient (Wildman–Crippen LogP) is 2.21. The monoisotopic (exact) mass is 264 g/mol. The lowest BCUT2D eigenvalue weighted by Gasteiger charge is -2.08. The van der Waals surface area contributed by atoms with E-state index in [2.05, 4.69) is 0 Å². The maximum absolute atomic E-state index is 11.4. The van der Waals surface area contributed by atoms with Crippen LogP contribution in [0.2, 0.25) is 0 Å². The van der Waals surface area contributed by atoms with Gasteiger partial charge in [0, 0.05) is 0 Å². The second-order valence-electron chi connectivity index (χ2n) is 4.22. The zero-order chi connectivity index (χ0) is 14.3. The molecule has 0 aliphatic rings. The second-order valence-corrected chi connectivity index (χ2v) is 4.22. The molecule has 0 saturated carbocycles. The second kappa shape index (κ2) is 7.56. The highest BCUT2D eigenvalue weighted by Gasteiger charge is 2.09. The van der Waals surface area contributed by atoms with Crippen LogP contribution in [0.15, 0.2) is 18.2 Å². The lowest BCUT2D eigenvalue weighted by atomic mass is 10.0. The van der Waals surface area contributed by atoms with Crippen molar-refractivity contribution in [1.82, 2.24) is 0 Å². The van der Waals surface area contributed by atoms with Gasteiger partial charge in [-0.05, 0) is 37.5 Å². The van der Waals surface area contributed by atoms with Gasteiger partial charge in [0.2, 0.25) is 0 Å². The van der Waals surface area contributed by atoms with Gasteiger partial charge in [0.15, 0.2) is 0 Å². The van der Waals surface area contributed by atoms with E-state index in [4.69, 9.17) is 9.47 Å². The van der Waals surface area contributed by atoms with E-state index in [0.29, 0.717) is 13.2 Å². The molecule has 1 aromatic rings. The standard InChI is InChI=1S/C15H20O4/c1-4-18-14(16)9-12-6-7-13(11(3)8-12)10-15(17)19-5-2/h6-8H,4-5,9-10H2,1-3H3. The number of ether oxygens (including phenoxy) is 2. The maximum atomic E-state index is 11.4. The van der Waals surface area contributed by atoms with E-state index in [-0.39, 0.29) is 24.8 Å². The Labute approximate surface area is 113 Å². The molecule has 19 heavy (non-hydrogen) atoms. The average Bonchev–Trinajstić information content (AvgIpc) is 2.33. The van der Waals surface area contributed by atoms with Crippen molar-refractivity contribution in [1.29, 1.82) is 0 Å². The third kappa shape index (κ3) is 5.12. The van der Waals surface area contributed by atoms with Crippen molar-refractivity contribution >= 4 is 11.9 Å². The van der Waals surface area contributed by atoms with Crippen LogP contribution in [0.4, 0.5) is 0 Å². The lowest BCUT2D eigenvalue weighted by molar-refractivity contribution is -0.143. The molecule has 0 aromatic heterocycles. The van der Waals surface area contributed by atoms with Gasteiger partial charge in [-0.3, -0.25) is 9.59 Å². The molecule has 0 saturated heterocycles. The minimum absolute atomic E-state index is 0.233. The average molecular weight is 264 g/mol. The Morgan fingerprint density at radius 3 is 2.11 bits per heavy atom. The summed E-state index contributed by atoms with van der Waals surface area (Å²) < 4.78 is 9.81. The van der Waals surface area contributed by atoms with Gasteiger partial charge in [-0.25, -0.2) is 0 Å². The van der Waals surface area contributed by atoms with Gasteiger partial charge in [-0.1, -0.05) is 18.2 Å². The first kappa shape index (κ1) is 15.2. The highest BCUT2D eigenvalue weighted by Crippen LogP contribution is 2.13. The Hall–Kier alpha value is -1.84. The zero-order valence-corrected chi connectivity index (χ0v) is 11.7. The molecule has 4 heteroatoms. The van der Waals surface area contributed by atoms with Crippen LogP contribution in [0.3, 0.4) is 0 Å². The van der Waals surface area contributed by atoms with Crippen LogP contribution in [-0.2, 0) is 31.9 Å². The van der Waals surface area contributed by atoms with Crippen molar-refractivity contribution in [3.05, 3.63) is 34.9 Å². The number of carbonyl (C=O) groups excluding carboxylic acids is 2. The summed E-state index contributed by atoms with van der Waals surface area (Å²) in [5, 5.41) is 0. The number of aryl methyl sites for hydroxylation is 1. The Balaban J connectivity index is 2.69. The highest BCUT2D eigenvalue weighted by atomic mass is 16.5. The molecule has 0 amide bonds. The van der Waals surface area contributed by atoms with E-state index < -0.39 is 0 Å². The van der Waals surface area contributed by atoms with Gasteiger partial charge in [-0.2, -0.15) is 0 Å². The van der Waals surface area contributed by atoms with Crippen LogP contribution in [0.25, 0.3) is 0 Å². The van der Waals surface area contributed by atoms with Crippen molar-refractivity contribution < 1.29 is 19.1 Å². The van der Waals surface area contributed by atoms with E-state index in [9.17, 15) is 9.59 Å². The molecule has 0 heterocycles. The Bertz CT molecular complexity index is 451. The largest absolute Gasteiger partial charge is 0.466 e. The molecule has 0 aliphatic carbocycles. The van der Waals surface area contributed by atoms with Gasteiger partial charge in [0.25, 0.3) is 0 Å². The molecule has 0 spiro atoms. The zero-order valence-electron chi connectivity index (χ0n) is 11.7. The van der Waals surface area contributed by atoms with Gasteiger partial charge < -0.3 is 9.47 Å². The quantitative estimate of drug-likeness (QED) is 0.739. The van der Waals surface area contributed by atoms with E-state index in [1.165, 1.54) is 0 Å². The Morgan fingerprint density at radius 1 is 1.00 bits per heavy atom. The molecule has 0 fully saturated rings. The Morgan fingerprint density at radius 2 is 1.58 bits per heavy atom. The molecule has 104 valence electrons. The Kier molecular flexibility index (Phi) is 6.06. The van der Waals surface area contributed by atoms with Gasteiger partial charge in [0.05, 0.1) is 26.1 Å². The van der Waals surface area contributed by atoms with Gasteiger partial charge in [-0.15, -0.1) is 0 Å². The smallest absolute Gasteiger partial charge is 0.310 e. The molecular weight excluding hydrogens is 244 g/mol. The van der Waals surface area contributed by atoms with E-state index in [1.54, 1.807) is 13.8 Å². The molecule has 0 radical (unpaired) electrons. The fourth-order valence-electron chi connectivity index (χ4n) is 1.81. The van der Waals surface area contributed by atoms with Crippen LogP contribution in [-0.4, -0.2) is 25.2 Å². The first-order valence-electron chi connectivity index (χ1n) is 6.46. The fourth-order valence-corrected chi connectivity index (χ4v) is 1.81. The molecule has 1 rings (SSSR count). The first-order valence-corrected chi connectivity index (χ1v) is 6.46. The molecule has 0 N–H and O–H groups in total. The summed E-state index contributed by atoms with van der Waals surface area (Å²) in [5.41, 5.74) is 2.80. The fraction of sp³-hybridized carbons (Fsp3) is 0.467. The summed E-state index contributed by atoms with van der Waals surface area (Å²) in [4.78, 5) is 22.8. The van der Waals surface area contributed by atoms with E-state index in [0.717, 1.165) is 16.7 Å². The number of benzene rings is 1. The molecular formula is C15H20O4. The van der Waals surface area contributed by atoms with Crippen LogP contribution < -0.4 is 0 Å². The van der Waals surface area contributed by atoms with Crippen molar-refractivity contribution in [3.63, 3.8) is 0 Å². The third-order valence-corrected chi connectivity index (χ3v) is 2.70. The van der Waals surface area contributed by atoms with Crippen molar-refractivity contribution in [3.8, 4) is 0 Å². The SMILES string of the molecule is CCOC(=O)Cc1ccc(CC(=O)OCC)c(C)c1. The topological polar surface area (TPSA) is 52.6 Å². The summed E-state index contributed by atoms with van der Waals surface area (Å²) >= 11 is 0. The summed E-state index contributed by atoms with van der Waals surface area (Å²) in [6.45, 7) is 6.26. The van der Waals surface area contributed by atoms with E-state index >= 15 is 0 Å². The van der Waals surface area contributed by atoms with E-state index in [1.807, 2.05) is 25.1 Å². The summed E-state index contributed by atoms with van der Waals surface area (Å²) in [6.07, 6.45) is 0.522. The van der Waals surface area contributed by atoms with Crippen LogP contribution in [0.1, 0.15) is 30.5 Å². The molecule has 0 atom stereocenters. The normalized spacial score (nSPS) is 10.1. The van der Waals surface area contributed by atoms with Crippen LogP contribution in [0, 0.1) is 6.92 Å². The van der Waals surface area contributed by atoms with Gasteiger partial charge >= 0.3 is 11.9 Å². The number of hydrogen-bond donors (Lipinski definition) is 0. The summed E-state index contributed by atoms with van der Waals surface area (Å²) in [6, 6.07) is 5.62. The first-order chi connectivity index (χ1) is 9.06.